The molecule has 0 unspecified atom stereocenters. The van der Waals surface area contributed by atoms with Crippen molar-refractivity contribution < 1.29 is 12.9 Å². The third kappa shape index (κ3) is 3.64. The van der Waals surface area contributed by atoms with Crippen LogP contribution in [-0.4, -0.2) is 19.3 Å². The van der Waals surface area contributed by atoms with Crippen LogP contribution in [0.2, 0.25) is 0 Å². The van der Waals surface area contributed by atoms with E-state index in [9.17, 15) is 8.42 Å². The molecule has 1 heterocycles. The fourth-order valence-electron chi connectivity index (χ4n) is 2.11. The van der Waals surface area contributed by atoms with Crippen LogP contribution in [0.4, 0.5) is 5.69 Å². The zero-order valence-electron chi connectivity index (χ0n) is 12.5. The molecule has 0 atom stereocenters. The fraction of sp³-hybridized carbons (Fsp3) is 0.400. The van der Waals surface area contributed by atoms with Gasteiger partial charge in [0.25, 0.3) is 0 Å². The van der Waals surface area contributed by atoms with Gasteiger partial charge >= 0.3 is 0 Å². The molecule has 6 heteroatoms. The highest BCUT2D eigenvalue weighted by Gasteiger charge is 2.13. The first-order chi connectivity index (χ1) is 9.94. The van der Waals surface area contributed by atoms with Gasteiger partial charge in [-0.05, 0) is 44.5 Å². The van der Waals surface area contributed by atoms with Crippen molar-refractivity contribution in [1.82, 2.24) is 5.16 Å². The van der Waals surface area contributed by atoms with Crippen LogP contribution < -0.4 is 5.32 Å². The van der Waals surface area contributed by atoms with Gasteiger partial charge in [-0.1, -0.05) is 12.1 Å². The number of sulfone groups is 1. The highest BCUT2D eigenvalue weighted by molar-refractivity contribution is 7.91. The highest BCUT2D eigenvalue weighted by Crippen LogP contribution is 2.18. The Morgan fingerprint density at radius 1 is 1.19 bits per heavy atom. The minimum Gasteiger partial charge on any atom is -0.381 e. The first-order valence-electron chi connectivity index (χ1n) is 6.92. The average Bonchev–Trinajstić information content (AvgIpc) is 2.76. The first kappa shape index (κ1) is 15.6. The van der Waals surface area contributed by atoms with E-state index in [1.54, 1.807) is 24.3 Å². The lowest BCUT2D eigenvalue weighted by Crippen LogP contribution is -2.06. The van der Waals surface area contributed by atoms with Crippen molar-refractivity contribution >= 4 is 15.5 Å². The van der Waals surface area contributed by atoms with E-state index in [1.807, 2.05) is 20.8 Å². The largest absolute Gasteiger partial charge is 0.381 e. The van der Waals surface area contributed by atoms with E-state index in [-0.39, 0.29) is 5.75 Å². The van der Waals surface area contributed by atoms with Crippen molar-refractivity contribution in [3.8, 4) is 0 Å². The van der Waals surface area contributed by atoms with Crippen LogP contribution in [0.3, 0.4) is 0 Å². The zero-order valence-corrected chi connectivity index (χ0v) is 13.3. The molecule has 21 heavy (non-hydrogen) atoms. The van der Waals surface area contributed by atoms with Crippen LogP contribution in [0, 0.1) is 13.8 Å². The molecular weight excluding hydrogens is 288 g/mol. The molecule has 0 aliphatic carbocycles. The number of aryl methyl sites for hydroxylation is 2. The summed E-state index contributed by atoms with van der Waals surface area (Å²) in [5.74, 6) is 0.973. The van der Waals surface area contributed by atoms with Gasteiger partial charge in [0, 0.05) is 17.8 Å². The molecule has 0 aliphatic rings. The molecule has 0 amide bonds. The Kier molecular flexibility index (Phi) is 4.67. The lowest BCUT2D eigenvalue weighted by Gasteiger charge is -2.08. The van der Waals surface area contributed by atoms with Crippen LogP contribution in [0.25, 0.3) is 0 Å². The standard InChI is InChI=1S/C15H20N2O3S/c1-4-9-21(18,19)14-7-5-13(6-8-14)16-10-15-11(2)17-20-12(15)3/h5-8,16H,4,9-10H2,1-3H3. The summed E-state index contributed by atoms with van der Waals surface area (Å²) in [4.78, 5) is 0.368. The number of nitrogens with zero attached hydrogens (tertiary/aromatic N) is 1. The number of hydrogen-bond donors (Lipinski definition) is 1. The Bertz CT molecular complexity index is 684. The van der Waals surface area contributed by atoms with Gasteiger partial charge in [-0.25, -0.2) is 8.42 Å². The molecule has 2 rings (SSSR count). The van der Waals surface area contributed by atoms with Crippen molar-refractivity contribution in [2.45, 2.75) is 38.6 Å². The van der Waals surface area contributed by atoms with Crippen LogP contribution in [-0.2, 0) is 16.4 Å². The van der Waals surface area contributed by atoms with Crippen LogP contribution in [0.15, 0.2) is 33.7 Å². The third-order valence-electron chi connectivity index (χ3n) is 3.34. The van der Waals surface area contributed by atoms with Crippen molar-refractivity contribution in [1.29, 1.82) is 0 Å². The molecule has 5 nitrogen and oxygen atoms in total. The molecule has 0 saturated heterocycles. The van der Waals surface area contributed by atoms with E-state index in [0.29, 0.717) is 17.9 Å². The summed E-state index contributed by atoms with van der Waals surface area (Å²) >= 11 is 0. The highest BCUT2D eigenvalue weighted by atomic mass is 32.2. The summed E-state index contributed by atoms with van der Waals surface area (Å²) in [5, 5.41) is 7.15. The molecule has 1 aromatic carbocycles. The van der Waals surface area contributed by atoms with Gasteiger partial charge in [0.1, 0.15) is 5.76 Å². The zero-order chi connectivity index (χ0) is 15.5. The second kappa shape index (κ2) is 6.30. The summed E-state index contributed by atoms with van der Waals surface area (Å²) in [7, 11) is -3.15. The predicted molar refractivity (Wildman–Crippen MR) is 82.1 cm³/mol. The predicted octanol–water partition coefficient (Wildman–Crippen LogP) is 3.09. The Hall–Kier alpha value is -1.82. The van der Waals surface area contributed by atoms with Crippen LogP contribution >= 0.6 is 0 Å². The minimum atomic E-state index is -3.15. The van der Waals surface area contributed by atoms with E-state index in [4.69, 9.17) is 4.52 Å². The van der Waals surface area contributed by atoms with Gasteiger partial charge < -0.3 is 9.84 Å². The smallest absolute Gasteiger partial charge is 0.178 e. The topological polar surface area (TPSA) is 72.2 Å². The lowest BCUT2D eigenvalue weighted by atomic mass is 10.2. The summed E-state index contributed by atoms with van der Waals surface area (Å²) in [5.41, 5.74) is 2.75. The number of anilines is 1. The third-order valence-corrected chi connectivity index (χ3v) is 5.27. The van der Waals surface area contributed by atoms with Gasteiger partial charge in [0.05, 0.1) is 16.3 Å². The monoisotopic (exact) mass is 308 g/mol. The quantitative estimate of drug-likeness (QED) is 0.888. The van der Waals surface area contributed by atoms with Gasteiger partial charge in [-0.3, -0.25) is 0 Å². The van der Waals surface area contributed by atoms with Crippen molar-refractivity contribution in [3.63, 3.8) is 0 Å². The molecule has 2 aromatic rings. The maximum Gasteiger partial charge on any atom is 0.178 e. The Balaban J connectivity index is 2.07. The van der Waals surface area contributed by atoms with Crippen molar-refractivity contribution in [2.75, 3.05) is 11.1 Å². The van der Waals surface area contributed by atoms with Gasteiger partial charge in [0.2, 0.25) is 0 Å². The van der Waals surface area contributed by atoms with Gasteiger partial charge in [0.15, 0.2) is 9.84 Å². The molecular formula is C15H20N2O3S. The Morgan fingerprint density at radius 3 is 2.38 bits per heavy atom. The lowest BCUT2D eigenvalue weighted by molar-refractivity contribution is 0.392. The molecule has 0 fully saturated rings. The molecule has 1 aromatic heterocycles. The van der Waals surface area contributed by atoms with Gasteiger partial charge in [-0.2, -0.15) is 0 Å². The van der Waals surface area contributed by atoms with Crippen LogP contribution in [0.1, 0.15) is 30.4 Å². The van der Waals surface area contributed by atoms with E-state index in [1.165, 1.54) is 0 Å². The summed E-state index contributed by atoms with van der Waals surface area (Å²) in [6.45, 7) is 6.23. The molecule has 0 bridgehead atoms. The second-order valence-electron chi connectivity index (χ2n) is 5.00. The molecule has 114 valence electrons. The fourth-order valence-corrected chi connectivity index (χ4v) is 3.44. The molecule has 0 radical (unpaired) electrons. The summed E-state index contributed by atoms with van der Waals surface area (Å²) in [6.07, 6.45) is 0.619. The summed E-state index contributed by atoms with van der Waals surface area (Å²) < 4.78 is 29.0. The van der Waals surface area contributed by atoms with Crippen LogP contribution in [0.5, 0.6) is 0 Å². The Labute approximate surface area is 125 Å². The SMILES string of the molecule is CCCS(=O)(=O)c1ccc(NCc2c(C)noc2C)cc1. The first-order valence-corrected chi connectivity index (χ1v) is 8.57. The van der Waals surface area contributed by atoms with Crippen molar-refractivity contribution in [3.05, 3.63) is 41.3 Å². The molecule has 1 N–H and O–H groups in total. The Morgan fingerprint density at radius 2 is 1.86 bits per heavy atom. The second-order valence-corrected chi connectivity index (χ2v) is 7.11. The number of benzene rings is 1. The van der Waals surface area contributed by atoms with Crippen molar-refractivity contribution in [2.24, 2.45) is 0 Å². The van der Waals surface area contributed by atoms with Gasteiger partial charge in [-0.15, -0.1) is 0 Å². The van der Waals surface area contributed by atoms with E-state index >= 15 is 0 Å². The molecule has 0 aliphatic heterocycles. The number of hydrogen-bond acceptors (Lipinski definition) is 5. The van der Waals surface area contributed by atoms with E-state index in [2.05, 4.69) is 10.5 Å². The number of rotatable bonds is 6. The maximum atomic E-state index is 11.9. The molecule has 0 spiro atoms. The van der Waals surface area contributed by atoms with E-state index in [0.717, 1.165) is 22.7 Å². The maximum absolute atomic E-state index is 11.9. The average molecular weight is 308 g/mol. The summed E-state index contributed by atoms with van der Waals surface area (Å²) in [6, 6.07) is 6.84. The number of nitrogens with one attached hydrogen (secondary N) is 1. The normalized spacial score (nSPS) is 11.6. The number of aromatic nitrogens is 1. The molecule has 0 saturated carbocycles. The van der Waals surface area contributed by atoms with E-state index < -0.39 is 9.84 Å². The minimum absolute atomic E-state index is 0.179.